The van der Waals surface area contributed by atoms with Crippen molar-refractivity contribution in [1.82, 2.24) is 0 Å². The average Bonchev–Trinajstić information content (AvgIpc) is 2.44. The molecule has 0 heterocycles. The molecule has 3 nitrogen and oxygen atoms in total. The highest BCUT2D eigenvalue weighted by Crippen LogP contribution is 2.34. The molecule has 0 fully saturated rings. The Labute approximate surface area is 124 Å². The monoisotopic (exact) mass is 290 g/mol. The Morgan fingerprint density at radius 3 is 2.75 bits per heavy atom. The van der Waals surface area contributed by atoms with E-state index in [-0.39, 0.29) is 0 Å². The molecule has 3 N–H and O–H groups in total. The first-order valence-corrected chi connectivity index (χ1v) is 7.04. The number of anilines is 3. The van der Waals surface area contributed by atoms with Crippen LogP contribution in [0.25, 0.3) is 0 Å². The third kappa shape index (κ3) is 3.36. The van der Waals surface area contributed by atoms with Crippen LogP contribution < -0.4 is 15.8 Å². The van der Waals surface area contributed by atoms with Gasteiger partial charge < -0.3 is 15.8 Å². The van der Waals surface area contributed by atoms with Crippen LogP contribution in [0, 0.1) is 6.92 Å². The summed E-state index contributed by atoms with van der Waals surface area (Å²) in [6, 6.07) is 11.5. The number of halogens is 1. The van der Waals surface area contributed by atoms with E-state index in [9.17, 15) is 0 Å². The SMILES string of the molecule is CCCOc1cccc(Nc2cc(C)ccc2Cl)c1N. The van der Waals surface area contributed by atoms with E-state index in [1.54, 1.807) is 0 Å². The summed E-state index contributed by atoms with van der Waals surface area (Å²) in [4.78, 5) is 0. The van der Waals surface area contributed by atoms with E-state index in [2.05, 4.69) is 12.2 Å². The molecular weight excluding hydrogens is 272 g/mol. The Hall–Kier alpha value is -1.87. The molecule has 20 heavy (non-hydrogen) atoms. The minimum atomic E-state index is 0.596. The van der Waals surface area contributed by atoms with E-state index < -0.39 is 0 Å². The normalized spacial score (nSPS) is 10.3. The quantitative estimate of drug-likeness (QED) is 0.780. The lowest BCUT2D eigenvalue weighted by molar-refractivity contribution is 0.319. The predicted molar refractivity (Wildman–Crippen MR) is 86.1 cm³/mol. The first-order valence-electron chi connectivity index (χ1n) is 6.66. The maximum absolute atomic E-state index is 6.19. The van der Waals surface area contributed by atoms with Crippen molar-refractivity contribution in [3.8, 4) is 5.75 Å². The first-order chi connectivity index (χ1) is 9.61. The Bertz CT molecular complexity index is 599. The van der Waals surface area contributed by atoms with Gasteiger partial charge in [0.25, 0.3) is 0 Å². The van der Waals surface area contributed by atoms with Gasteiger partial charge in [0.15, 0.2) is 0 Å². The number of hydrogen-bond donors (Lipinski definition) is 2. The first kappa shape index (κ1) is 14.5. The summed E-state index contributed by atoms with van der Waals surface area (Å²) in [5, 5.41) is 3.92. The fraction of sp³-hybridized carbons (Fsp3) is 0.250. The van der Waals surface area contributed by atoms with E-state index in [1.165, 1.54) is 0 Å². The highest BCUT2D eigenvalue weighted by atomic mass is 35.5. The number of nitrogen functional groups attached to an aromatic ring is 1. The van der Waals surface area contributed by atoms with Crippen molar-refractivity contribution < 1.29 is 4.74 Å². The van der Waals surface area contributed by atoms with Crippen LogP contribution in [0.15, 0.2) is 36.4 Å². The van der Waals surface area contributed by atoms with Gasteiger partial charge in [-0.1, -0.05) is 30.7 Å². The summed E-state index contributed by atoms with van der Waals surface area (Å²) < 4.78 is 5.62. The van der Waals surface area contributed by atoms with E-state index in [0.29, 0.717) is 23.1 Å². The molecule has 0 atom stereocenters. The molecule has 0 bridgehead atoms. The average molecular weight is 291 g/mol. The molecule has 0 aliphatic rings. The minimum absolute atomic E-state index is 0.596. The summed E-state index contributed by atoms with van der Waals surface area (Å²) in [5.41, 5.74) is 9.49. The molecule has 2 aromatic carbocycles. The van der Waals surface area contributed by atoms with E-state index in [0.717, 1.165) is 23.4 Å². The molecule has 0 unspecified atom stereocenters. The van der Waals surface area contributed by atoms with Gasteiger partial charge in [-0.15, -0.1) is 0 Å². The van der Waals surface area contributed by atoms with Crippen LogP contribution in [0.2, 0.25) is 5.02 Å². The summed E-state index contributed by atoms with van der Waals surface area (Å²) in [5.74, 6) is 0.695. The zero-order chi connectivity index (χ0) is 14.5. The molecule has 106 valence electrons. The number of para-hydroxylation sites is 1. The van der Waals surface area contributed by atoms with Crippen LogP contribution in [0.4, 0.5) is 17.1 Å². The second-order valence-corrected chi connectivity index (χ2v) is 5.08. The Morgan fingerprint density at radius 2 is 2.00 bits per heavy atom. The number of nitrogens with two attached hydrogens (primary N) is 1. The third-order valence-corrected chi connectivity index (χ3v) is 3.25. The van der Waals surface area contributed by atoms with Gasteiger partial charge in [-0.25, -0.2) is 0 Å². The molecular formula is C16H19ClN2O. The van der Waals surface area contributed by atoms with Crippen LogP contribution in [0.1, 0.15) is 18.9 Å². The van der Waals surface area contributed by atoms with Gasteiger partial charge in [-0.2, -0.15) is 0 Å². The number of hydrogen-bond acceptors (Lipinski definition) is 3. The number of rotatable bonds is 5. The highest BCUT2D eigenvalue weighted by Gasteiger charge is 2.08. The molecule has 0 saturated heterocycles. The molecule has 2 rings (SSSR count). The van der Waals surface area contributed by atoms with Crippen LogP contribution in [0.5, 0.6) is 5.75 Å². The van der Waals surface area contributed by atoms with Gasteiger partial charge in [0, 0.05) is 0 Å². The van der Waals surface area contributed by atoms with Crippen molar-refractivity contribution in [2.45, 2.75) is 20.3 Å². The standard InChI is InChI=1S/C16H19ClN2O/c1-3-9-20-15-6-4-5-13(16(15)18)19-14-10-11(2)7-8-12(14)17/h4-8,10,19H,3,9,18H2,1-2H3. The predicted octanol–water partition coefficient (Wildman–Crippen LogP) is 4.76. The van der Waals surface area contributed by atoms with Gasteiger partial charge in [0.1, 0.15) is 5.75 Å². The molecule has 0 saturated carbocycles. The van der Waals surface area contributed by atoms with E-state index in [1.807, 2.05) is 43.3 Å². The molecule has 4 heteroatoms. The van der Waals surface area contributed by atoms with Gasteiger partial charge in [-0.05, 0) is 43.2 Å². The van der Waals surface area contributed by atoms with Crippen LogP contribution in [0.3, 0.4) is 0 Å². The summed E-state index contributed by atoms with van der Waals surface area (Å²) in [6.45, 7) is 4.73. The topological polar surface area (TPSA) is 47.3 Å². The largest absolute Gasteiger partial charge is 0.491 e. The van der Waals surface area contributed by atoms with Crippen molar-refractivity contribution in [2.24, 2.45) is 0 Å². The molecule has 0 amide bonds. The van der Waals surface area contributed by atoms with Gasteiger partial charge in [0.05, 0.1) is 28.7 Å². The number of benzene rings is 2. The van der Waals surface area contributed by atoms with Crippen molar-refractivity contribution >= 4 is 28.7 Å². The van der Waals surface area contributed by atoms with Gasteiger partial charge >= 0.3 is 0 Å². The summed E-state index contributed by atoms with van der Waals surface area (Å²) in [6.07, 6.45) is 0.945. The Morgan fingerprint density at radius 1 is 1.20 bits per heavy atom. The zero-order valence-corrected chi connectivity index (χ0v) is 12.5. The fourth-order valence-corrected chi connectivity index (χ4v) is 2.04. The maximum Gasteiger partial charge on any atom is 0.144 e. The lowest BCUT2D eigenvalue weighted by atomic mass is 10.2. The maximum atomic E-state index is 6.19. The third-order valence-electron chi connectivity index (χ3n) is 2.92. The van der Waals surface area contributed by atoms with Crippen LogP contribution in [-0.2, 0) is 0 Å². The van der Waals surface area contributed by atoms with Gasteiger partial charge in [-0.3, -0.25) is 0 Å². The van der Waals surface area contributed by atoms with Crippen molar-refractivity contribution in [3.63, 3.8) is 0 Å². The van der Waals surface area contributed by atoms with Crippen molar-refractivity contribution in [3.05, 3.63) is 47.0 Å². The molecule has 0 aliphatic heterocycles. The lowest BCUT2D eigenvalue weighted by Crippen LogP contribution is -2.02. The smallest absolute Gasteiger partial charge is 0.144 e. The molecule has 0 radical (unpaired) electrons. The second kappa shape index (κ2) is 6.53. The van der Waals surface area contributed by atoms with Gasteiger partial charge in [0.2, 0.25) is 0 Å². The molecule has 0 spiro atoms. The number of nitrogens with one attached hydrogen (secondary N) is 1. The van der Waals surface area contributed by atoms with Crippen LogP contribution in [-0.4, -0.2) is 6.61 Å². The summed E-state index contributed by atoms with van der Waals surface area (Å²) >= 11 is 6.19. The lowest BCUT2D eigenvalue weighted by Gasteiger charge is -2.14. The number of ether oxygens (including phenoxy) is 1. The molecule has 0 aromatic heterocycles. The van der Waals surface area contributed by atoms with E-state index >= 15 is 0 Å². The fourth-order valence-electron chi connectivity index (χ4n) is 1.87. The Kier molecular flexibility index (Phi) is 4.74. The minimum Gasteiger partial charge on any atom is -0.491 e. The van der Waals surface area contributed by atoms with Crippen molar-refractivity contribution in [2.75, 3.05) is 17.7 Å². The van der Waals surface area contributed by atoms with Crippen LogP contribution >= 0.6 is 11.6 Å². The zero-order valence-electron chi connectivity index (χ0n) is 11.7. The molecule has 0 aliphatic carbocycles. The molecule has 2 aromatic rings. The van der Waals surface area contributed by atoms with E-state index in [4.69, 9.17) is 22.1 Å². The highest BCUT2D eigenvalue weighted by molar-refractivity contribution is 6.33. The second-order valence-electron chi connectivity index (χ2n) is 4.67. The summed E-state index contributed by atoms with van der Waals surface area (Å²) in [7, 11) is 0. The number of aryl methyl sites for hydroxylation is 1. The Balaban J connectivity index is 2.27. The van der Waals surface area contributed by atoms with Crippen molar-refractivity contribution in [1.29, 1.82) is 0 Å².